The van der Waals surface area contributed by atoms with Crippen molar-refractivity contribution in [3.05, 3.63) is 40.3 Å². The van der Waals surface area contributed by atoms with Crippen LogP contribution in [0.1, 0.15) is 18.5 Å². The number of hydrogen-bond donors (Lipinski definition) is 2. The predicted molar refractivity (Wildman–Crippen MR) is 93.6 cm³/mol. The molecule has 0 amide bonds. The zero-order valence-electron chi connectivity index (χ0n) is 12.7. The van der Waals surface area contributed by atoms with Crippen LogP contribution in [0.2, 0.25) is 10.0 Å². The number of fused-ring (bicyclic) bond motifs is 3. The van der Waals surface area contributed by atoms with Crippen LogP contribution < -0.4 is 0 Å². The van der Waals surface area contributed by atoms with E-state index in [9.17, 15) is 9.90 Å². The molecule has 7 heteroatoms. The number of aryl methyl sites for hydroxylation is 1. The lowest BCUT2D eigenvalue weighted by Gasteiger charge is -2.10. The van der Waals surface area contributed by atoms with Gasteiger partial charge in [0.2, 0.25) is 0 Å². The molecule has 1 aromatic carbocycles. The number of rotatable bonds is 2. The van der Waals surface area contributed by atoms with Crippen LogP contribution in [0.5, 0.6) is 0 Å². The summed E-state index contributed by atoms with van der Waals surface area (Å²) in [7, 11) is 0. The Kier molecular flexibility index (Phi) is 3.77. The van der Waals surface area contributed by atoms with E-state index in [1.165, 1.54) is 0 Å². The van der Waals surface area contributed by atoms with Crippen molar-refractivity contribution >= 4 is 40.1 Å². The van der Waals surface area contributed by atoms with Gasteiger partial charge < -0.3 is 9.67 Å². The summed E-state index contributed by atoms with van der Waals surface area (Å²) in [5.41, 5.74) is 3.74. The molecule has 1 aliphatic heterocycles. The molecular weight excluding hydrogens is 349 g/mol. The van der Waals surface area contributed by atoms with E-state index in [2.05, 4.69) is 14.8 Å². The molecule has 24 heavy (non-hydrogen) atoms. The van der Waals surface area contributed by atoms with Gasteiger partial charge in [0.1, 0.15) is 0 Å². The maximum atomic E-state index is 11.4. The Morgan fingerprint density at radius 3 is 2.92 bits per heavy atom. The Balaban J connectivity index is 1.98. The van der Waals surface area contributed by atoms with Crippen LogP contribution in [0.15, 0.2) is 24.5 Å². The van der Waals surface area contributed by atoms with Crippen molar-refractivity contribution < 1.29 is 9.90 Å². The van der Waals surface area contributed by atoms with E-state index in [1.807, 2.05) is 18.3 Å². The Morgan fingerprint density at radius 1 is 1.38 bits per heavy atom. The third-order valence-corrected chi connectivity index (χ3v) is 5.49. The van der Waals surface area contributed by atoms with Crippen LogP contribution in [0.25, 0.3) is 22.0 Å². The lowest BCUT2D eigenvalue weighted by atomic mass is 9.98. The Labute approximate surface area is 148 Å². The fourth-order valence-electron chi connectivity index (χ4n) is 3.55. The molecule has 0 spiro atoms. The number of aromatic amines is 1. The van der Waals surface area contributed by atoms with Gasteiger partial charge in [-0.05, 0) is 30.5 Å². The number of benzene rings is 1. The Morgan fingerprint density at radius 2 is 2.21 bits per heavy atom. The first-order chi connectivity index (χ1) is 11.6. The molecule has 3 aromatic rings. The first-order valence-electron chi connectivity index (χ1n) is 7.78. The third kappa shape index (κ3) is 2.39. The average molecular weight is 364 g/mol. The maximum Gasteiger partial charge on any atom is 0.306 e. The van der Waals surface area contributed by atoms with E-state index < -0.39 is 5.97 Å². The minimum atomic E-state index is -0.743. The Hall–Kier alpha value is -1.98. The highest BCUT2D eigenvalue weighted by Gasteiger charge is 2.26. The molecular formula is C17H15Cl2N3O2. The smallest absolute Gasteiger partial charge is 0.306 e. The fraction of sp³-hybridized carbons (Fsp3) is 0.294. The van der Waals surface area contributed by atoms with Gasteiger partial charge in [-0.2, -0.15) is 5.10 Å². The molecule has 3 heterocycles. The average Bonchev–Trinajstić information content (AvgIpc) is 3.14. The summed E-state index contributed by atoms with van der Waals surface area (Å²) in [6, 6.07) is 3.88. The topological polar surface area (TPSA) is 70.9 Å². The van der Waals surface area contributed by atoms with Gasteiger partial charge in [0.25, 0.3) is 0 Å². The van der Waals surface area contributed by atoms with Crippen LogP contribution in [0, 0.1) is 5.92 Å². The van der Waals surface area contributed by atoms with Crippen LogP contribution in [-0.4, -0.2) is 25.8 Å². The monoisotopic (exact) mass is 363 g/mol. The molecule has 4 rings (SSSR count). The molecule has 2 aromatic heterocycles. The molecule has 5 nitrogen and oxygen atoms in total. The highest BCUT2D eigenvalue weighted by molar-refractivity contribution is 6.45. The largest absolute Gasteiger partial charge is 0.481 e. The van der Waals surface area contributed by atoms with Gasteiger partial charge in [-0.15, -0.1) is 0 Å². The van der Waals surface area contributed by atoms with Gasteiger partial charge in [-0.3, -0.25) is 9.89 Å². The number of halogens is 2. The molecule has 0 saturated heterocycles. The lowest BCUT2D eigenvalue weighted by molar-refractivity contribution is -0.141. The van der Waals surface area contributed by atoms with E-state index >= 15 is 0 Å². The predicted octanol–water partition coefficient (Wildman–Crippen LogP) is 4.38. The summed E-state index contributed by atoms with van der Waals surface area (Å²) in [6.07, 6.45) is 5.52. The van der Waals surface area contributed by atoms with Gasteiger partial charge in [0, 0.05) is 35.8 Å². The first kappa shape index (κ1) is 15.5. The summed E-state index contributed by atoms with van der Waals surface area (Å²) in [6.45, 7) is 0.744. The van der Waals surface area contributed by atoms with Crippen LogP contribution >= 0.6 is 23.2 Å². The number of carboxylic acids is 1. The van der Waals surface area contributed by atoms with Gasteiger partial charge in [-0.25, -0.2) is 0 Å². The first-order valence-corrected chi connectivity index (χ1v) is 8.54. The summed E-state index contributed by atoms with van der Waals surface area (Å²) in [5, 5.41) is 18.2. The molecule has 0 bridgehead atoms. The summed E-state index contributed by atoms with van der Waals surface area (Å²) in [4.78, 5) is 11.4. The lowest BCUT2D eigenvalue weighted by Crippen LogP contribution is -2.15. The molecule has 0 aliphatic carbocycles. The van der Waals surface area contributed by atoms with E-state index in [4.69, 9.17) is 23.2 Å². The van der Waals surface area contributed by atoms with Crippen molar-refractivity contribution in [2.75, 3.05) is 0 Å². The van der Waals surface area contributed by atoms with Gasteiger partial charge >= 0.3 is 5.97 Å². The SMILES string of the molecule is O=C(O)C1CCCn2c(cc3c(-c4cn[nH]c4)cc(Cl)c(Cl)c32)C1. The molecule has 1 unspecified atom stereocenters. The second-order valence-corrected chi connectivity index (χ2v) is 6.92. The van der Waals surface area contributed by atoms with Gasteiger partial charge in [0.05, 0.1) is 27.7 Å². The molecule has 0 saturated carbocycles. The van der Waals surface area contributed by atoms with Crippen LogP contribution in [0.4, 0.5) is 0 Å². The summed E-state index contributed by atoms with van der Waals surface area (Å²) < 4.78 is 2.12. The molecule has 0 fully saturated rings. The molecule has 2 N–H and O–H groups in total. The quantitative estimate of drug-likeness (QED) is 0.709. The summed E-state index contributed by atoms with van der Waals surface area (Å²) >= 11 is 12.9. The molecule has 1 aliphatic rings. The number of H-pyrrole nitrogens is 1. The van der Waals surface area contributed by atoms with Crippen LogP contribution in [0.3, 0.4) is 0 Å². The van der Waals surface area contributed by atoms with Gasteiger partial charge in [-0.1, -0.05) is 23.2 Å². The second kappa shape index (κ2) is 5.83. The zero-order valence-corrected chi connectivity index (χ0v) is 14.2. The molecule has 124 valence electrons. The zero-order chi connectivity index (χ0) is 16.8. The van der Waals surface area contributed by atoms with Crippen molar-refractivity contribution in [3.63, 3.8) is 0 Å². The standard InChI is InChI=1S/C17H15Cl2N3O2/c18-14-6-12(10-7-20-21-8-10)13-5-11-4-9(17(23)24)2-1-3-22(11)16(13)15(14)19/h5-9H,1-4H2,(H,20,21)(H,23,24). The van der Waals surface area contributed by atoms with E-state index in [-0.39, 0.29) is 5.92 Å². The number of carboxylic acid groups (broad SMARTS) is 1. The highest BCUT2D eigenvalue weighted by Crippen LogP contribution is 2.41. The fourth-order valence-corrected chi connectivity index (χ4v) is 4.00. The van der Waals surface area contributed by atoms with Crippen molar-refractivity contribution in [3.8, 4) is 11.1 Å². The van der Waals surface area contributed by atoms with Gasteiger partial charge in [0.15, 0.2) is 0 Å². The number of nitrogens with zero attached hydrogens (tertiary/aromatic N) is 2. The van der Waals surface area contributed by atoms with Crippen molar-refractivity contribution in [1.82, 2.24) is 14.8 Å². The summed E-state index contributed by atoms with van der Waals surface area (Å²) in [5.74, 6) is -1.10. The second-order valence-electron chi connectivity index (χ2n) is 6.14. The number of hydrogen-bond acceptors (Lipinski definition) is 2. The van der Waals surface area contributed by atoms with Crippen molar-refractivity contribution in [2.45, 2.75) is 25.8 Å². The molecule has 0 radical (unpaired) electrons. The molecule has 1 atom stereocenters. The number of aliphatic carboxylic acids is 1. The van der Waals surface area contributed by atoms with Crippen molar-refractivity contribution in [1.29, 1.82) is 0 Å². The highest BCUT2D eigenvalue weighted by atomic mass is 35.5. The number of carbonyl (C=O) groups is 1. The number of nitrogens with one attached hydrogen (secondary N) is 1. The minimum Gasteiger partial charge on any atom is -0.481 e. The van der Waals surface area contributed by atoms with Crippen molar-refractivity contribution in [2.24, 2.45) is 5.92 Å². The van der Waals surface area contributed by atoms with E-state index in [1.54, 1.807) is 6.20 Å². The maximum absolute atomic E-state index is 11.4. The van der Waals surface area contributed by atoms with E-state index in [0.717, 1.165) is 40.7 Å². The normalized spacial score (nSPS) is 17.7. The van der Waals surface area contributed by atoms with E-state index in [0.29, 0.717) is 22.9 Å². The minimum absolute atomic E-state index is 0.359. The Bertz CT molecular complexity index is 931. The number of aromatic nitrogens is 3. The third-order valence-electron chi connectivity index (χ3n) is 4.71. The van der Waals surface area contributed by atoms with Crippen LogP contribution in [-0.2, 0) is 17.8 Å².